The zero-order chi connectivity index (χ0) is 13.8. The van der Waals surface area contributed by atoms with Gasteiger partial charge in [-0.05, 0) is 13.8 Å². The molecule has 104 valence electrons. The lowest BCUT2D eigenvalue weighted by atomic mass is 10.0. The van der Waals surface area contributed by atoms with E-state index in [4.69, 9.17) is 14.6 Å². The van der Waals surface area contributed by atoms with Crippen molar-refractivity contribution in [2.24, 2.45) is 5.92 Å². The second kappa shape index (κ2) is 5.83. The zero-order valence-electron chi connectivity index (χ0n) is 10.9. The van der Waals surface area contributed by atoms with Crippen LogP contribution in [0.25, 0.3) is 0 Å². The molecule has 0 saturated carbocycles. The second-order valence-electron chi connectivity index (χ2n) is 4.30. The summed E-state index contributed by atoms with van der Waals surface area (Å²) in [6.45, 7) is 4.71. The van der Waals surface area contributed by atoms with E-state index in [1.807, 2.05) is 6.92 Å². The fourth-order valence-corrected chi connectivity index (χ4v) is 1.97. The lowest BCUT2D eigenvalue weighted by molar-refractivity contribution is -0.141. The molecule has 0 aliphatic carbocycles. The Balaban J connectivity index is 2.12. The quantitative estimate of drug-likeness (QED) is 0.810. The van der Waals surface area contributed by atoms with E-state index in [0.717, 1.165) is 0 Å². The van der Waals surface area contributed by atoms with Gasteiger partial charge >= 0.3 is 5.97 Å². The van der Waals surface area contributed by atoms with Crippen molar-refractivity contribution in [1.82, 2.24) is 9.97 Å². The van der Waals surface area contributed by atoms with Crippen LogP contribution in [0.5, 0.6) is 5.88 Å². The lowest BCUT2D eigenvalue weighted by Crippen LogP contribution is -2.33. The molecule has 0 aromatic carbocycles. The van der Waals surface area contributed by atoms with Gasteiger partial charge in [-0.15, -0.1) is 0 Å². The van der Waals surface area contributed by atoms with Gasteiger partial charge in [-0.25, -0.2) is 4.98 Å². The van der Waals surface area contributed by atoms with Gasteiger partial charge in [-0.3, -0.25) is 4.79 Å². The molecular weight excluding hydrogens is 250 g/mol. The number of ether oxygens (including phenoxy) is 2. The van der Waals surface area contributed by atoms with Crippen molar-refractivity contribution < 1.29 is 19.4 Å². The number of anilines is 1. The highest BCUT2D eigenvalue weighted by atomic mass is 16.5. The van der Waals surface area contributed by atoms with Crippen LogP contribution in [0.4, 0.5) is 5.82 Å². The molecule has 1 aromatic rings. The van der Waals surface area contributed by atoms with Crippen LogP contribution in [0.3, 0.4) is 0 Å². The number of carboxylic acids is 1. The summed E-state index contributed by atoms with van der Waals surface area (Å²) in [5, 5.41) is 12.2. The summed E-state index contributed by atoms with van der Waals surface area (Å²) in [7, 11) is 0. The summed E-state index contributed by atoms with van der Waals surface area (Å²) in [5.74, 6) is 0.164. The monoisotopic (exact) mass is 267 g/mol. The Morgan fingerprint density at radius 2 is 2.37 bits per heavy atom. The predicted molar refractivity (Wildman–Crippen MR) is 67.3 cm³/mol. The van der Waals surface area contributed by atoms with Crippen LogP contribution in [-0.2, 0) is 9.53 Å². The summed E-state index contributed by atoms with van der Waals surface area (Å²) >= 11 is 0. The summed E-state index contributed by atoms with van der Waals surface area (Å²) in [6, 6.07) is 1.37. The number of nitrogens with zero attached hydrogens (tertiary/aromatic N) is 2. The van der Waals surface area contributed by atoms with Gasteiger partial charge in [0.15, 0.2) is 0 Å². The molecule has 1 aliphatic heterocycles. The number of aromatic nitrogens is 2. The predicted octanol–water partition coefficient (Wildman–Crippen LogP) is 0.695. The standard InChI is InChI=1S/C12H17N3O4/c1-3-19-11-4-10(13-7(2)14-11)15-9-6-18-5-8(9)12(16)17/h4,8-9H,3,5-6H2,1-2H3,(H,16,17)(H,13,14,15). The summed E-state index contributed by atoms with van der Waals surface area (Å²) < 4.78 is 10.5. The molecule has 0 radical (unpaired) electrons. The minimum Gasteiger partial charge on any atom is -0.481 e. The Kier molecular flexibility index (Phi) is 4.16. The van der Waals surface area contributed by atoms with Crippen molar-refractivity contribution in [3.05, 3.63) is 11.9 Å². The fraction of sp³-hybridized carbons (Fsp3) is 0.583. The van der Waals surface area contributed by atoms with Crippen molar-refractivity contribution in [2.75, 3.05) is 25.1 Å². The van der Waals surface area contributed by atoms with Crippen LogP contribution in [0.15, 0.2) is 6.07 Å². The molecule has 2 atom stereocenters. The fourth-order valence-electron chi connectivity index (χ4n) is 1.97. The van der Waals surface area contributed by atoms with Crippen LogP contribution >= 0.6 is 0 Å². The average Bonchev–Trinajstić information content (AvgIpc) is 2.76. The van der Waals surface area contributed by atoms with Gasteiger partial charge in [0.25, 0.3) is 0 Å². The maximum Gasteiger partial charge on any atom is 0.311 e. The van der Waals surface area contributed by atoms with Crippen molar-refractivity contribution in [3.63, 3.8) is 0 Å². The Hall–Kier alpha value is -1.89. The van der Waals surface area contributed by atoms with Gasteiger partial charge in [-0.2, -0.15) is 4.98 Å². The van der Waals surface area contributed by atoms with Gasteiger partial charge in [0, 0.05) is 6.07 Å². The summed E-state index contributed by atoms with van der Waals surface area (Å²) in [4.78, 5) is 19.4. The van der Waals surface area contributed by atoms with E-state index in [2.05, 4.69) is 15.3 Å². The van der Waals surface area contributed by atoms with Gasteiger partial charge < -0.3 is 19.9 Å². The molecule has 19 heavy (non-hydrogen) atoms. The first kappa shape index (κ1) is 13.5. The first-order valence-electron chi connectivity index (χ1n) is 6.15. The third-order valence-electron chi connectivity index (χ3n) is 2.84. The molecule has 1 saturated heterocycles. The topological polar surface area (TPSA) is 93.6 Å². The maximum atomic E-state index is 11.1. The summed E-state index contributed by atoms with van der Waals surface area (Å²) in [6.07, 6.45) is 0. The van der Waals surface area contributed by atoms with E-state index in [-0.39, 0.29) is 12.6 Å². The third-order valence-corrected chi connectivity index (χ3v) is 2.84. The molecule has 2 N–H and O–H groups in total. The van der Waals surface area contributed by atoms with E-state index in [1.165, 1.54) is 0 Å². The van der Waals surface area contributed by atoms with Crippen molar-refractivity contribution in [2.45, 2.75) is 19.9 Å². The largest absolute Gasteiger partial charge is 0.481 e. The molecule has 2 unspecified atom stereocenters. The van der Waals surface area contributed by atoms with Gasteiger partial charge in [0.2, 0.25) is 5.88 Å². The van der Waals surface area contributed by atoms with Crippen molar-refractivity contribution in [3.8, 4) is 5.88 Å². The van der Waals surface area contributed by atoms with Crippen LogP contribution in [0.2, 0.25) is 0 Å². The van der Waals surface area contributed by atoms with E-state index in [1.54, 1.807) is 13.0 Å². The second-order valence-corrected chi connectivity index (χ2v) is 4.30. The molecule has 2 rings (SSSR count). The molecule has 1 aromatic heterocycles. The minimum atomic E-state index is -0.870. The van der Waals surface area contributed by atoms with E-state index in [0.29, 0.717) is 30.7 Å². The zero-order valence-corrected chi connectivity index (χ0v) is 10.9. The maximum absolute atomic E-state index is 11.1. The number of aliphatic carboxylic acids is 1. The van der Waals surface area contributed by atoms with Crippen molar-refractivity contribution >= 4 is 11.8 Å². The molecule has 0 spiro atoms. The van der Waals surface area contributed by atoms with E-state index >= 15 is 0 Å². The third kappa shape index (κ3) is 3.31. The van der Waals surface area contributed by atoms with Crippen molar-refractivity contribution in [1.29, 1.82) is 0 Å². The highest BCUT2D eigenvalue weighted by Crippen LogP contribution is 2.20. The molecule has 0 bridgehead atoms. The Morgan fingerprint density at radius 3 is 3.05 bits per heavy atom. The number of rotatable bonds is 5. The minimum absolute atomic E-state index is 0.218. The number of hydrogen-bond donors (Lipinski definition) is 2. The van der Waals surface area contributed by atoms with Gasteiger partial charge in [0.05, 0.1) is 25.9 Å². The lowest BCUT2D eigenvalue weighted by Gasteiger charge is -2.16. The van der Waals surface area contributed by atoms with E-state index < -0.39 is 11.9 Å². The van der Waals surface area contributed by atoms with E-state index in [9.17, 15) is 4.79 Å². The molecule has 1 fully saturated rings. The van der Waals surface area contributed by atoms with Crippen LogP contribution in [0, 0.1) is 12.8 Å². The SMILES string of the molecule is CCOc1cc(NC2COCC2C(=O)O)nc(C)n1. The van der Waals surface area contributed by atoms with Crippen LogP contribution in [-0.4, -0.2) is 46.9 Å². The Labute approximate surface area is 111 Å². The van der Waals surface area contributed by atoms with Crippen LogP contribution < -0.4 is 10.1 Å². The number of carboxylic acid groups (broad SMARTS) is 1. The van der Waals surface area contributed by atoms with Crippen LogP contribution in [0.1, 0.15) is 12.7 Å². The highest BCUT2D eigenvalue weighted by Gasteiger charge is 2.34. The normalized spacial score (nSPS) is 22.2. The molecule has 1 aliphatic rings. The van der Waals surface area contributed by atoms with Gasteiger partial charge in [-0.1, -0.05) is 0 Å². The Morgan fingerprint density at radius 1 is 1.58 bits per heavy atom. The molecule has 7 nitrogen and oxygen atoms in total. The van der Waals surface area contributed by atoms with Gasteiger partial charge in [0.1, 0.15) is 17.6 Å². The first-order valence-corrected chi connectivity index (χ1v) is 6.15. The number of aryl methyl sites for hydroxylation is 1. The number of hydrogen-bond acceptors (Lipinski definition) is 6. The molecule has 0 amide bonds. The average molecular weight is 267 g/mol. The Bertz CT molecular complexity index is 466. The summed E-state index contributed by atoms with van der Waals surface area (Å²) in [5.41, 5.74) is 0. The molecule has 7 heteroatoms. The molecule has 2 heterocycles. The smallest absolute Gasteiger partial charge is 0.311 e. The highest BCUT2D eigenvalue weighted by molar-refractivity contribution is 5.72. The number of carbonyl (C=O) groups is 1. The number of nitrogens with one attached hydrogen (secondary N) is 1. The molecular formula is C12H17N3O4. The first-order chi connectivity index (χ1) is 9.10.